The average Bonchev–Trinajstić information content (AvgIpc) is 3.38. The summed E-state index contributed by atoms with van der Waals surface area (Å²) in [4.78, 5) is 11.6. The van der Waals surface area contributed by atoms with Crippen LogP contribution >= 0.6 is 11.3 Å². The Balaban J connectivity index is 1.34. The zero-order valence-electron chi connectivity index (χ0n) is 14.1. The normalized spacial score (nSPS) is 18.6. The third-order valence-corrected chi connectivity index (χ3v) is 5.32. The molecule has 3 aromatic rings. The number of aromatic nitrogens is 7. The molecule has 4 rings (SSSR count). The Labute approximate surface area is 150 Å². The Morgan fingerprint density at radius 3 is 3.08 bits per heavy atom. The van der Waals surface area contributed by atoms with Gasteiger partial charge in [0, 0.05) is 36.8 Å². The molecule has 9 heteroatoms. The SMILES string of the molecule is c1cn(Cc2cscn2)c([C@H]2CCCN(CCCn3cnnn3)C2)n1. The minimum absolute atomic E-state index is 0.496. The van der Waals surface area contributed by atoms with Gasteiger partial charge in [-0.3, -0.25) is 0 Å². The van der Waals surface area contributed by atoms with Crippen LogP contribution in [0, 0.1) is 0 Å². The third-order valence-electron chi connectivity index (χ3n) is 4.69. The van der Waals surface area contributed by atoms with Gasteiger partial charge in [0.2, 0.25) is 0 Å². The van der Waals surface area contributed by atoms with Crippen molar-refractivity contribution in [2.75, 3.05) is 19.6 Å². The van der Waals surface area contributed by atoms with Crippen molar-refractivity contribution >= 4 is 11.3 Å². The van der Waals surface area contributed by atoms with Gasteiger partial charge in [-0.15, -0.1) is 16.4 Å². The lowest BCUT2D eigenvalue weighted by Gasteiger charge is -2.32. The average molecular weight is 358 g/mol. The number of aryl methyl sites for hydroxylation is 1. The van der Waals surface area contributed by atoms with Crippen LogP contribution in [-0.4, -0.2) is 59.3 Å². The molecule has 1 atom stereocenters. The second-order valence-electron chi connectivity index (χ2n) is 6.46. The van der Waals surface area contributed by atoms with E-state index in [1.54, 1.807) is 22.3 Å². The molecule has 0 aromatic carbocycles. The van der Waals surface area contributed by atoms with E-state index in [-0.39, 0.29) is 0 Å². The molecule has 0 spiro atoms. The van der Waals surface area contributed by atoms with Crippen molar-refractivity contribution in [3.63, 3.8) is 0 Å². The van der Waals surface area contributed by atoms with Crippen molar-refractivity contribution in [1.82, 2.24) is 39.6 Å². The lowest BCUT2D eigenvalue weighted by Crippen LogP contribution is -2.36. The van der Waals surface area contributed by atoms with Crippen LogP contribution in [0.15, 0.2) is 29.6 Å². The van der Waals surface area contributed by atoms with Gasteiger partial charge in [-0.1, -0.05) is 0 Å². The fourth-order valence-electron chi connectivity index (χ4n) is 3.51. The fraction of sp³-hybridized carbons (Fsp3) is 0.562. The predicted molar refractivity (Wildman–Crippen MR) is 94.3 cm³/mol. The molecule has 0 unspecified atom stereocenters. The first kappa shape index (κ1) is 16.3. The first-order valence-corrected chi connectivity index (χ1v) is 9.64. The molecule has 132 valence electrons. The molecule has 0 aliphatic carbocycles. The molecule has 0 bridgehead atoms. The smallest absolute Gasteiger partial charge is 0.138 e. The number of tetrazole rings is 1. The lowest BCUT2D eigenvalue weighted by atomic mass is 9.97. The molecule has 0 amide bonds. The summed E-state index contributed by atoms with van der Waals surface area (Å²) < 4.78 is 4.05. The topological polar surface area (TPSA) is 77.5 Å². The molecule has 1 saturated heterocycles. The monoisotopic (exact) mass is 358 g/mol. The molecular formula is C16H22N8S. The molecule has 3 aromatic heterocycles. The highest BCUT2D eigenvalue weighted by Gasteiger charge is 2.24. The first-order chi connectivity index (χ1) is 12.4. The quantitative estimate of drug-likeness (QED) is 0.639. The summed E-state index contributed by atoms with van der Waals surface area (Å²) in [7, 11) is 0. The van der Waals surface area contributed by atoms with E-state index in [9.17, 15) is 0 Å². The van der Waals surface area contributed by atoms with E-state index < -0.39 is 0 Å². The minimum Gasteiger partial charge on any atom is -0.329 e. The maximum Gasteiger partial charge on any atom is 0.138 e. The van der Waals surface area contributed by atoms with Crippen molar-refractivity contribution < 1.29 is 0 Å². The molecule has 1 aliphatic heterocycles. The van der Waals surface area contributed by atoms with E-state index in [0.717, 1.165) is 38.3 Å². The van der Waals surface area contributed by atoms with Gasteiger partial charge in [-0.2, -0.15) is 0 Å². The Kier molecular flexibility index (Phi) is 5.12. The van der Waals surface area contributed by atoms with Crippen LogP contribution < -0.4 is 0 Å². The van der Waals surface area contributed by atoms with E-state index in [0.29, 0.717) is 5.92 Å². The highest BCUT2D eigenvalue weighted by atomic mass is 32.1. The first-order valence-electron chi connectivity index (χ1n) is 8.70. The zero-order chi connectivity index (χ0) is 16.9. The van der Waals surface area contributed by atoms with Crippen LogP contribution in [0.5, 0.6) is 0 Å². The van der Waals surface area contributed by atoms with Gasteiger partial charge in [0.1, 0.15) is 12.2 Å². The summed E-state index contributed by atoms with van der Waals surface area (Å²) in [6.45, 7) is 4.99. The van der Waals surface area contributed by atoms with Gasteiger partial charge in [-0.25, -0.2) is 14.6 Å². The zero-order valence-corrected chi connectivity index (χ0v) is 14.9. The maximum atomic E-state index is 4.66. The van der Waals surface area contributed by atoms with Crippen LogP contribution in [0.3, 0.4) is 0 Å². The van der Waals surface area contributed by atoms with Gasteiger partial charge in [0.25, 0.3) is 0 Å². The number of hydrogen-bond acceptors (Lipinski definition) is 7. The highest BCUT2D eigenvalue weighted by molar-refractivity contribution is 7.07. The van der Waals surface area contributed by atoms with Crippen molar-refractivity contribution in [3.8, 4) is 0 Å². The Morgan fingerprint density at radius 1 is 1.24 bits per heavy atom. The molecular weight excluding hydrogens is 336 g/mol. The van der Waals surface area contributed by atoms with E-state index in [4.69, 9.17) is 0 Å². The van der Waals surface area contributed by atoms with Crippen molar-refractivity contribution in [2.24, 2.45) is 0 Å². The van der Waals surface area contributed by atoms with E-state index in [2.05, 4.69) is 46.5 Å². The van der Waals surface area contributed by atoms with Crippen molar-refractivity contribution in [2.45, 2.75) is 38.3 Å². The van der Waals surface area contributed by atoms with Gasteiger partial charge >= 0.3 is 0 Å². The van der Waals surface area contributed by atoms with Crippen LogP contribution in [0.4, 0.5) is 0 Å². The predicted octanol–water partition coefficient (Wildman–Crippen LogP) is 1.64. The fourth-order valence-corrected chi connectivity index (χ4v) is 4.06. The Bertz CT molecular complexity index is 751. The number of imidazole rings is 1. The van der Waals surface area contributed by atoms with E-state index >= 15 is 0 Å². The van der Waals surface area contributed by atoms with Crippen LogP contribution in [0.25, 0.3) is 0 Å². The lowest BCUT2D eigenvalue weighted by molar-refractivity contribution is 0.196. The standard InChI is InChI=1S/C16H22N8S/c1-3-14(9-22(5-1)6-2-7-24-12-19-20-21-24)16-17-4-8-23(16)10-15-11-25-13-18-15/h4,8,11-14H,1-3,5-7,9-10H2/t14-/m0/s1. The highest BCUT2D eigenvalue weighted by Crippen LogP contribution is 2.26. The van der Waals surface area contributed by atoms with Crippen molar-refractivity contribution in [1.29, 1.82) is 0 Å². The number of piperidine rings is 1. The summed E-state index contributed by atoms with van der Waals surface area (Å²) in [5.41, 5.74) is 3.00. The van der Waals surface area contributed by atoms with Gasteiger partial charge in [0.05, 0.1) is 17.7 Å². The second kappa shape index (κ2) is 7.83. The van der Waals surface area contributed by atoms with Crippen molar-refractivity contribution in [3.05, 3.63) is 41.1 Å². The molecule has 4 heterocycles. The van der Waals surface area contributed by atoms with Crippen LogP contribution in [0.1, 0.15) is 36.7 Å². The van der Waals surface area contributed by atoms with Crippen LogP contribution in [0.2, 0.25) is 0 Å². The molecule has 25 heavy (non-hydrogen) atoms. The van der Waals surface area contributed by atoms with Gasteiger partial charge < -0.3 is 9.47 Å². The summed E-state index contributed by atoms with van der Waals surface area (Å²) in [5, 5.41) is 13.4. The molecule has 8 nitrogen and oxygen atoms in total. The van der Waals surface area contributed by atoms with Gasteiger partial charge in [0.15, 0.2) is 0 Å². The Morgan fingerprint density at radius 2 is 2.24 bits per heavy atom. The molecule has 1 aliphatic rings. The summed E-state index contributed by atoms with van der Waals surface area (Å²) in [6.07, 6.45) is 9.15. The summed E-state index contributed by atoms with van der Waals surface area (Å²) >= 11 is 1.64. The Hall–Kier alpha value is -2.13. The van der Waals surface area contributed by atoms with Gasteiger partial charge in [-0.05, 0) is 42.8 Å². The van der Waals surface area contributed by atoms with E-state index in [1.807, 2.05) is 11.7 Å². The summed E-state index contributed by atoms with van der Waals surface area (Å²) in [5.74, 6) is 1.69. The molecule has 1 fully saturated rings. The number of nitrogens with zero attached hydrogens (tertiary/aromatic N) is 8. The third kappa shape index (κ3) is 4.10. The number of likely N-dealkylation sites (tertiary alicyclic amines) is 1. The largest absolute Gasteiger partial charge is 0.329 e. The maximum absolute atomic E-state index is 4.66. The van der Waals surface area contributed by atoms with Crippen LogP contribution in [-0.2, 0) is 13.1 Å². The minimum atomic E-state index is 0.496. The second-order valence-corrected chi connectivity index (χ2v) is 7.18. The number of hydrogen-bond donors (Lipinski definition) is 0. The summed E-state index contributed by atoms with van der Waals surface area (Å²) in [6, 6.07) is 0. The molecule has 0 saturated carbocycles. The number of rotatable bonds is 7. The molecule has 0 radical (unpaired) electrons. The molecule has 0 N–H and O–H groups in total. The van der Waals surface area contributed by atoms with E-state index in [1.165, 1.54) is 25.2 Å². The number of thiazole rings is 1.